The van der Waals surface area contributed by atoms with Gasteiger partial charge in [-0.25, -0.2) is 14.1 Å². The van der Waals surface area contributed by atoms with Gasteiger partial charge in [0.25, 0.3) is 0 Å². The van der Waals surface area contributed by atoms with Crippen LogP contribution in [0.2, 0.25) is 5.02 Å². The number of fused-ring (bicyclic) bond motifs is 1. The zero-order valence-electron chi connectivity index (χ0n) is 13.6. The summed E-state index contributed by atoms with van der Waals surface area (Å²) in [6.07, 6.45) is 1.30. The largest absolute Gasteiger partial charge is 0.443 e. The lowest BCUT2D eigenvalue weighted by Gasteiger charge is -2.07. The average molecular weight is 357 g/mol. The number of aromatic nitrogens is 4. The molecular weight excluding hydrogens is 343 g/mol. The smallest absolute Gasteiger partial charge is 0.182 e. The summed E-state index contributed by atoms with van der Waals surface area (Å²) >= 11 is 6.01. The van der Waals surface area contributed by atoms with Crippen LogP contribution in [0, 0.1) is 5.82 Å². The van der Waals surface area contributed by atoms with Crippen molar-refractivity contribution in [3.8, 4) is 22.6 Å². The lowest BCUT2D eigenvalue weighted by molar-refractivity contribution is 0.530. The first-order valence-corrected chi connectivity index (χ1v) is 8.16. The molecule has 0 bridgehead atoms. The Kier molecular flexibility index (Phi) is 3.77. The second-order valence-electron chi connectivity index (χ2n) is 5.99. The summed E-state index contributed by atoms with van der Waals surface area (Å²) in [5.74, 6) is 0.0640. The number of rotatable bonds is 3. The van der Waals surface area contributed by atoms with Crippen LogP contribution in [0.25, 0.3) is 33.6 Å². The van der Waals surface area contributed by atoms with Gasteiger partial charge in [-0.2, -0.15) is 0 Å². The molecule has 0 aliphatic rings. The van der Waals surface area contributed by atoms with Crippen LogP contribution in [0.4, 0.5) is 4.39 Å². The summed E-state index contributed by atoms with van der Waals surface area (Å²) < 4.78 is 21.6. The maximum Gasteiger partial charge on any atom is 0.182 e. The molecule has 2 aromatic carbocycles. The van der Waals surface area contributed by atoms with E-state index in [-0.39, 0.29) is 6.04 Å². The van der Waals surface area contributed by atoms with Gasteiger partial charge in [0, 0.05) is 22.2 Å². The predicted molar refractivity (Wildman–Crippen MR) is 93.8 cm³/mol. The van der Waals surface area contributed by atoms with E-state index in [0.29, 0.717) is 22.0 Å². The highest BCUT2D eigenvalue weighted by atomic mass is 35.5. The number of hydrogen-bond acceptors (Lipinski definition) is 4. The van der Waals surface area contributed by atoms with Crippen molar-refractivity contribution in [2.24, 2.45) is 0 Å². The van der Waals surface area contributed by atoms with E-state index in [1.165, 1.54) is 24.6 Å². The fourth-order valence-corrected chi connectivity index (χ4v) is 2.95. The minimum absolute atomic E-state index is 0.167. The van der Waals surface area contributed by atoms with Crippen molar-refractivity contribution in [3.05, 3.63) is 53.6 Å². The Morgan fingerprint density at radius 3 is 2.80 bits per heavy atom. The fourth-order valence-electron chi connectivity index (χ4n) is 2.78. The third-order valence-corrected chi connectivity index (χ3v) is 4.21. The summed E-state index contributed by atoms with van der Waals surface area (Å²) in [6.45, 7) is 4.06. The number of benzene rings is 2. The van der Waals surface area contributed by atoms with Crippen molar-refractivity contribution in [1.29, 1.82) is 0 Å². The maximum absolute atomic E-state index is 14.2. The molecule has 5 nitrogen and oxygen atoms in total. The summed E-state index contributed by atoms with van der Waals surface area (Å²) in [6, 6.07) is 10.2. The summed E-state index contributed by atoms with van der Waals surface area (Å²) in [5, 5.41) is 8.76. The summed E-state index contributed by atoms with van der Waals surface area (Å²) in [4.78, 5) is 4.19. The topological polar surface area (TPSA) is 56.7 Å². The second kappa shape index (κ2) is 5.97. The van der Waals surface area contributed by atoms with Gasteiger partial charge in [-0.3, -0.25) is 0 Å². The number of hydrogen-bond donors (Lipinski definition) is 0. The molecular formula is C18H14ClFN4O. The molecule has 2 aromatic heterocycles. The van der Waals surface area contributed by atoms with Gasteiger partial charge in [0.2, 0.25) is 0 Å². The molecule has 0 unspecified atom stereocenters. The summed E-state index contributed by atoms with van der Waals surface area (Å²) in [7, 11) is 0. The van der Waals surface area contributed by atoms with Gasteiger partial charge in [-0.05, 0) is 50.2 Å². The van der Waals surface area contributed by atoms with Crippen LogP contribution in [0.15, 0.2) is 47.2 Å². The van der Waals surface area contributed by atoms with Gasteiger partial charge in [0.05, 0.1) is 5.52 Å². The van der Waals surface area contributed by atoms with E-state index in [0.717, 1.165) is 16.6 Å². The molecule has 0 saturated heterocycles. The highest BCUT2D eigenvalue weighted by Gasteiger charge is 2.18. The average Bonchev–Trinajstić information content (AvgIpc) is 3.22. The number of oxazole rings is 1. The van der Waals surface area contributed by atoms with E-state index in [1.807, 2.05) is 36.7 Å². The molecule has 0 atom stereocenters. The fraction of sp³-hybridized carbons (Fsp3) is 0.167. The van der Waals surface area contributed by atoms with Gasteiger partial charge >= 0.3 is 0 Å². The van der Waals surface area contributed by atoms with E-state index in [1.54, 1.807) is 0 Å². The molecule has 126 valence electrons. The van der Waals surface area contributed by atoms with Crippen molar-refractivity contribution in [2.75, 3.05) is 0 Å². The molecule has 2 heterocycles. The normalized spacial score (nSPS) is 11.6. The second-order valence-corrected chi connectivity index (χ2v) is 6.42. The zero-order chi connectivity index (χ0) is 17.6. The molecule has 4 aromatic rings. The van der Waals surface area contributed by atoms with E-state index >= 15 is 0 Å². The molecule has 7 heteroatoms. The summed E-state index contributed by atoms with van der Waals surface area (Å²) in [5.41, 5.74) is 3.13. The molecule has 0 saturated carbocycles. The Hall–Kier alpha value is -2.73. The first-order valence-electron chi connectivity index (χ1n) is 7.79. The van der Waals surface area contributed by atoms with E-state index in [2.05, 4.69) is 15.3 Å². The zero-order valence-corrected chi connectivity index (χ0v) is 14.3. The third kappa shape index (κ3) is 2.68. The van der Waals surface area contributed by atoms with E-state index < -0.39 is 5.82 Å². The standard InChI is InChI=1S/C18H14ClFN4O/c1-10(2)24-16-7-11(3-6-15(16)22-23-24)18-17(21-9-25-18)13-8-12(19)4-5-14(13)20/h3-10H,1-2H3. The van der Waals surface area contributed by atoms with Crippen LogP contribution in [0.5, 0.6) is 0 Å². The third-order valence-electron chi connectivity index (χ3n) is 3.97. The molecule has 0 amide bonds. The molecule has 4 rings (SSSR count). The lowest BCUT2D eigenvalue weighted by atomic mass is 10.0. The SMILES string of the molecule is CC(C)n1nnc2ccc(-c3ocnc3-c3cc(Cl)ccc3F)cc21. The molecule has 25 heavy (non-hydrogen) atoms. The van der Waals surface area contributed by atoms with Gasteiger partial charge in [-0.1, -0.05) is 16.8 Å². The molecule has 0 spiro atoms. The van der Waals surface area contributed by atoms with Gasteiger partial charge < -0.3 is 4.42 Å². The van der Waals surface area contributed by atoms with Crippen LogP contribution in [0.3, 0.4) is 0 Å². The Morgan fingerprint density at radius 2 is 2.00 bits per heavy atom. The van der Waals surface area contributed by atoms with E-state index in [9.17, 15) is 4.39 Å². The van der Waals surface area contributed by atoms with Crippen molar-refractivity contribution < 1.29 is 8.81 Å². The monoisotopic (exact) mass is 356 g/mol. The van der Waals surface area contributed by atoms with Crippen molar-refractivity contribution >= 4 is 22.6 Å². The first-order chi connectivity index (χ1) is 12.0. The maximum atomic E-state index is 14.2. The number of halogens is 2. The van der Waals surface area contributed by atoms with E-state index in [4.69, 9.17) is 16.0 Å². The lowest BCUT2D eigenvalue weighted by Crippen LogP contribution is -2.02. The molecule has 0 aliphatic heterocycles. The van der Waals surface area contributed by atoms with Crippen molar-refractivity contribution in [2.45, 2.75) is 19.9 Å². The first kappa shape index (κ1) is 15.8. The molecule has 0 fully saturated rings. The van der Waals surface area contributed by atoms with Crippen LogP contribution in [-0.2, 0) is 0 Å². The Balaban J connectivity index is 1.89. The van der Waals surface area contributed by atoms with Crippen molar-refractivity contribution in [3.63, 3.8) is 0 Å². The number of nitrogens with zero attached hydrogens (tertiary/aromatic N) is 4. The van der Waals surface area contributed by atoms with Crippen LogP contribution in [-0.4, -0.2) is 20.0 Å². The molecule has 0 N–H and O–H groups in total. The van der Waals surface area contributed by atoms with Crippen LogP contribution < -0.4 is 0 Å². The van der Waals surface area contributed by atoms with Gasteiger partial charge in [0.15, 0.2) is 12.2 Å². The Labute approximate surface area is 148 Å². The quantitative estimate of drug-likeness (QED) is 0.510. The van der Waals surface area contributed by atoms with Crippen molar-refractivity contribution in [1.82, 2.24) is 20.0 Å². The minimum atomic E-state index is -0.408. The van der Waals surface area contributed by atoms with Gasteiger partial charge in [0.1, 0.15) is 17.0 Å². The predicted octanol–water partition coefficient (Wildman–Crippen LogP) is 5.13. The molecule has 0 radical (unpaired) electrons. The van der Waals surface area contributed by atoms with Crippen LogP contribution in [0.1, 0.15) is 19.9 Å². The molecule has 0 aliphatic carbocycles. The van der Waals surface area contributed by atoms with Gasteiger partial charge in [-0.15, -0.1) is 5.10 Å². The minimum Gasteiger partial charge on any atom is -0.443 e. The Bertz CT molecular complexity index is 1070. The Morgan fingerprint density at radius 1 is 1.16 bits per heavy atom. The van der Waals surface area contributed by atoms with Crippen LogP contribution >= 0.6 is 11.6 Å². The highest BCUT2D eigenvalue weighted by molar-refractivity contribution is 6.30. The highest BCUT2D eigenvalue weighted by Crippen LogP contribution is 2.35.